The zero-order valence-electron chi connectivity index (χ0n) is 19.4. The SMILES string of the molecule is CN(CCc1ccc([N+](=O)[O-])cc1)C(=O)C1(NC(=O)c2ccc(-c3ccccn3)s2)CCNCC1. The van der Waals surface area contributed by atoms with Gasteiger partial charge in [-0.15, -0.1) is 11.3 Å². The van der Waals surface area contributed by atoms with Crippen LogP contribution in [0.15, 0.2) is 60.8 Å². The van der Waals surface area contributed by atoms with E-state index in [1.807, 2.05) is 24.3 Å². The van der Waals surface area contributed by atoms with Crippen molar-refractivity contribution in [1.29, 1.82) is 0 Å². The van der Waals surface area contributed by atoms with Gasteiger partial charge < -0.3 is 15.5 Å². The molecule has 1 fully saturated rings. The lowest BCUT2D eigenvalue weighted by Gasteiger charge is -2.39. The average Bonchev–Trinajstić information content (AvgIpc) is 3.39. The van der Waals surface area contributed by atoms with Crippen molar-refractivity contribution in [2.24, 2.45) is 0 Å². The van der Waals surface area contributed by atoms with E-state index in [1.54, 1.807) is 36.3 Å². The number of nitrogens with zero attached hydrogens (tertiary/aromatic N) is 3. The molecule has 1 aliphatic rings. The second-order valence-corrected chi connectivity index (χ2v) is 9.65. The van der Waals surface area contributed by atoms with Crippen molar-refractivity contribution in [1.82, 2.24) is 20.5 Å². The summed E-state index contributed by atoms with van der Waals surface area (Å²) in [5.74, 6) is -0.396. The van der Waals surface area contributed by atoms with E-state index in [0.717, 1.165) is 16.1 Å². The molecule has 9 nitrogen and oxygen atoms in total. The summed E-state index contributed by atoms with van der Waals surface area (Å²) in [5, 5.41) is 17.2. The third kappa shape index (κ3) is 5.72. The van der Waals surface area contributed by atoms with Gasteiger partial charge in [0.2, 0.25) is 5.91 Å². The van der Waals surface area contributed by atoms with Crippen molar-refractivity contribution < 1.29 is 14.5 Å². The number of pyridine rings is 1. The van der Waals surface area contributed by atoms with Crippen LogP contribution in [0.2, 0.25) is 0 Å². The fourth-order valence-electron chi connectivity index (χ4n) is 4.18. The molecule has 0 aliphatic carbocycles. The van der Waals surface area contributed by atoms with Crippen LogP contribution in [0.25, 0.3) is 10.6 Å². The van der Waals surface area contributed by atoms with E-state index in [9.17, 15) is 19.7 Å². The van der Waals surface area contributed by atoms with Crippen molar-refractivity contribution in [3.63, 3.8) is 0 Å². The predicted molar refractivity (Wildman–Crippen MR) is 134 cm³/mol. The number of non-ortho nitro benzene ring substituents is 1. The first-order chi connectivity index (χ1) is 16.9. The van der Waals surface area contributed by atoms with Gasteiger partial charge in [0.15, 0.2) is 0 Å². The van der Waals surface area contributed by atoms with Gasteiger partial charge in [0.25, 0.3) is 11.6 Å². The number of nitro groups is 1. The third-order valence-corrected chi connectivity index (χ3v) is 7.30. The van der Waals surface area contributed by atoms with E-state index in [4.69, 9.17) is 0 Å². The average molecular weight is 494 g/mol. The van der Waals surface area contributed by atoms with Crippen LogP contribution in [0.1, 0.15) is 28.1 Å². The summed E-state index contributed by atoms with van der Waals surface area (Å²) in [6, 6.07) is 15.6. The number of carbonyl (C=O) groups is 2. The quantitative estimate of drug-likeness (QED) is 0.367. The molecule has 1 aromatic carbocycles. The van der Waals surface area contributed by atoms with E-state index in [0.29, 0.717) is 43.8 Å². The van der Waals surface area contributed by atoms with Crippen LogP contribution in [0.3, 0.4) is 0 Å². The van der Waals surface area contributed by atoms with Crippen molar-refractivity contribution in [2.45, 2.75) is 24.8 Å². The van der Waals surface area contributed by atoms with Crippen molar-refractivity contribution >= 4 is 28.8 Å². The maximum atomic E-state index is 13.6. The number of nitro benzene ring substituents is 1. The summed E-state index contributed by atoms with van der Waals surface area (Å²) in [6.07, 6.45) is 3.26. The molecule has 2 aromatic heterocycles. The van der Waals surface area contributed by atoms with Gasteiger partial charge in [-0.1, -0.05) is 18.2 Å². The van der Waals surface area contributed by atoms with Gasteiger partial charge in [-0.3, -0.25) is 24.7 Å². The lowest BCUT2D eigenvalue weighted by Crippen LogP contribution is -2.63. The number of amides is 2. The van der Waals surface area contributed by atoms with Crippen LogP contribution in [-0.4, -0.2) is 58.8 Å². The Kier molecular flexibility index (Phi) is 7.52. The Labute approximate surface area is 207 Å². The number of hydrogen-bond acceptors (Lipinski definition) is 7. The highest BCUT2D eigenvalue weighted by Crippen LogP contribution is 2.28. The smallest absolute Gasteiger partial charge is 0.269 e. The molecule has 4 rings (SSSR count). The van der Waals surface area contributed by atoms with Gasteiger partial charge in [-0.2, -0.15) is 0 Å². The molecule has 0 spiro atoms. The van der Waals surface area contributed by atoms with Gasteiger partial charge in [0.05, 0.1) is 20.4 Å². The summed E-state index contributed by atoms with van der Waals surface area (Å²) in [4.78, 5) is 44.6. The Morgan fingerprint density at radius 2 is 1.89 bits per heavy atom. The Hall–Kier alpha value is -3.63. The van der Waals surface area contributed by atoms with Gasteiger partial charge in [0, 0.05) is 31.9 Å². The minimum atomic E-state index is -0.984. The zero-order chi connectivity index (χ0) is 24.8. The number of hydrogen-bond donors (Lipinski definition) is 2. The highest BCUT2D eigenvalue weighted by molar-refractivity contribution is 7.17. The first-order valence-corrected chi connectivity index (χ1v) is 12.2. The van der Waals surface area contributed by atoms with Gasteiger partial charge in [0.1, 0.15) is 5.54 Å². The lowest BCUT2D eigenvalue weighted by molar-refractivity contribution is -0.384. The summed E-state index contributed by atoms with van der Waals surface area (Å²) in [6.45, 7) is 1.70. The number of likely N-dealkylation sites (N-methyl/N-ethyl adjacent to an activating group) is 1. The maximum absolute atomic E-state index is 13.6. The summed E-state index contributed by atoms with van der Waals surface area (Å²) in [7, 11) is 1.73. The monoisotopic (exact) mass is 493 g/mol. The number of thiophene rings is 1. The topological polar surface area (TPSA) is 117 Å². The fourth-order valence-corrected chi connectivity index (χ4v) is 5.06. The maximum Gasteiger partial charge on any atom is 0.269 e. The van der Waals surface area contributed by atoms with E-state index in [1.165, 1.54) is 23.5 Å². The molecule has 35 heavy (non-hydrogen) atoms. The van der Waals surface area contributed by atoms with Crippen molar-refractivity contribution in [2.75, 3.05) is 26.7 Å². The predicted octanol–water partition coefficient (Wildman–Crippen LogP) is 3.27. The summed E-state index contributed by atoms with van der Waals surface area (Å²) < 4.78 is 0. The molecule has 2 amide bonds. The van der Waals surface area contributed by atoms with E-state index >= 15 is 0 Å². The lowest BCUT2D eigenvalue weighted by atomic mass is 9.86. The van der Waals surface area contributed by atoms with Crippen LogP contribution >= 0.6 is 11.3 Å². The van der Waals surface area contributed by atoms with Crippen LogP contribution in [0, 0.1) is 10.1 Å². The molecule has 10 heteroatoms. The molecule has 2 N–H and O–H groups in total. The minimum Gasteiger partial charge on any atom is -0.343 e. The molecule has 182 valence electrons. The third-order valence-electron chi connectivity index (χ3n) is 6.20. The molecule has 1 saturated heterocycles. The molecule has 0 atom stereocenters. The van der Waals surface area contributed by atoms with Crippen LogP contribution in [0.4, 0.5) is 5.69 Å². The van der Waals surface area contributed by atoms with E-state index in [2.05, 4.69) is 15.6 Å². The number of piperidine rings is 1. The molecule has 0 bridgehead atoms. The van der Waals surface area contributed by atoms with E-state index < -0.39 is 10.5 Å². The standard InChI is InChI=1S/C25H27N5O4S/c1-29(17-11-18-5-7-19(8-6-18)30(33)34)24(32)25(12-15-26-16-13-25)28-23(31)22-10-9-21(35-22)20-4-2-3-14-27-20/h2-10,14,26H,11-13,15-17H2,1H3,(H,28,31). The summed E-state index contributed by atoms with van der Waals surface area (Å²) >= 11 is 1.35. The number of benzene rings is 1. The number of carbonyl (C=O) groups excluding carboxylic acids is 2. The molecular weight excluding hydrogens is 466 g/mol. The second-order valence-electron chi connectivity index (χ2n) is 8.57. The first kappa shape index (κ1) is 24.5. The van der Waals surface area contributed by atoms with Gasteiger partial charge in [-0.05, 0) is 62.2 Å². The second kappa shape index (κ2) is 10.7. The molecule has 3 heterocycles. The summed E-state index contributed by atoms with van der Waals surface area (Å²) in [5.41, 5.74) is 0.755. The molecule has 0 unspecified atom stereocenters. The Morgan fingerprint density at radius 3 is 2.54 bits per heavy atom. The number of aromatic nitrogens is 1. The number of rotatable bonds is 8. The first-order valence-electron chi connectivity index (χ1n) is 11.4. The normalized spacial score (nSPS) is 14.8. The minimum absolute atomic E-state index is 0.0364. The number of nitrogens with one attached hydrogen (secondary N) is 2. The van der Waals surface area contributed by atoms with Crippen molar-refractivity contribution in [3.05, 3.63) is 81.3 Å². The highest BCUT2D eigenvalue weighted by Gasteiger charge is 2.42. The van der Waals surface area contributed by atoms with Crippen molar-refractivity contribution in [3.8, 4) is 10.6 Å². The Morgan fingerprint density at radius 1 is 1.14 bits per heavy atom. The van der Waals surface area contributed by atoms with Crippen LogP contribution in [0.5, 0.6) is 0 Å². The fraction of sp³-hybridized carbons (Fsp3) is 0.320. The van der Waals surface area contributed by atoms with E-state index in [-0.39, 0.29) is 17.5 Å². The molecule has 3 aromatic rings. The molecule has 0 radical (unpaired) electrons. The van der Waals surface area contributed by atoms with Crippen LogP contribution < -0.4 is 10.6 Å². The van der Waals surface area contributed by atoms with Gasteiger partial charge in [-0.25, -0.2) is 0 Å². The Balaban J connectivity index is 1.44. The Bertz CT molecular complexity index is 1190. The molecular formula is C25H27N5O4S. The van der Waals surface area contributed by atoms with Gasteiger partial charge >= 0.3 is 0 Å². The molecule has 0 saturated carbocycles. The molecule has 1 aliphatic heterocycles. The highest BCUT2D eigenvalue weighted by atomic mass is 32.1. The zero-order valence-corrected chi connectivity index (χ0v) is 20.2. The largest absolute Gasteiger partial charge is 0.343 e. The van der Waals surface area contributed by atoms with Crippen LogP contribution in [-0.2, 0) is 11.2 Å².